The summed E-state index contributed by atoms with van der Waals surface area (Å²) < 4.78 is 0. The number of nitro groups is 1. The van der Waals surface area contributed by atoms with Gasteiger partial charge >= 0.3 is 0 Å². The second-order valence-corrected chi connectivity index (χ2v) is 8.51. The van der Waals surface area contributed by atoms with E-state index in [1.54, 1.807) is 17.0 Å². The van der Waals surface area contributed by atoms with Crippen LogP contribution in [0, 0.1) is 24.0 Å². The second-order valence-electron chi connectivity index (χ2n) is 8.51. The van der Waals surface area contributed by atoms with Crippen LogP contribution in [0.4, 0.5) is 17.1 Å². The van der Waals surface area contributed by atoms with Gasteiger partial charge in [-0.1, -0.05) is 12.1 Å². The topological polar surface area (TPSA) is 69.9 Å². The third-order valence-corrected chi connectivity index (χ3v) is 6.60. The van der Waals surface area contributed by atoms with Crippen molar-refractivity contribution in [1.82, 2.24) is 4.90 Å². The SMILES string of the molecule is Cc1cccc(N2CCN(C(=O)c3ccc(N4CCCCC4)c([N+](=O)[O-])c3)CC2)c1C. The fourth-order valence-electron chi connectivity index (χ4n) is 4.62. The normalized spacial score (nSPS) is 17.0. The average molecular weight is 423 g/mol. The highest BCUT2D eigenvalue weighted by Crippen LogP contribution is 2.32. The first-order chi connectivity index (χ1) is 15.0. The van der Waals surface area contributed by atoms with Crippen molar-refractivity contribution < 1.29 is 9.72 Å². The number of rotatable bonds is 4. The van der Waals surface area contributed by atoms with Gasteiger partial charge in [0.05, 0.1) is 4.92 Å². The summed E-state index contributed by atoms with van der Waals surface area (Å²) in [4.78, 5) is 30.6. The monoisotopic (exact) mass is 422 g/mol. The van der Waals surface area contributed by atoms with Gasteiger partial charge < -0.3 is 14.7 Å². The molecule has 2 heterocycles. The Hall–Kier alpha value is -3.09. The van der Waals surface area contributed by atoms with Crippen LogP contribution in [0.3, 0.4) is 0 Å². The van der Waals surface area contributed by atoms with E-state index in [4.69, 9.17) is 0 Å². The zero-order chi connectivity index (χ0) is 22.0. The van der Waals surface area contributed by atoms with Crippen LogP contribution in [0.15, 0.2) is 36.4 Å². The number of anilines is 2. The van der Waals surface area contributed by atoms with E-state index in [-0.39, 0.29) is 16.5 Å². The summed E-state index contributed by atoms with van der Waals surface area (Å²) >= 11 is 0. The summed E-state index contributed by atoms with van der Waals surface area (Å²) in [7, 11) is 0. The first-order valence-electron chi connectivity index (χ1n) is 11.1. The van der Waals surface area contributed by atoms with Gasteiger partial charge in [0.1, 0.15) is 5.69 Å². The van der Waals surface area contributed by atoms with Gasteiger partial charge in [0.15, 0.2) is 0 Å². The van der Waals surface area contributed by atoms with Gasteiger partial charge in [-0.15, -0.1) is 0 Å². The minimum Gasteiger partial charge on any atom is -0.368 e. The minimum atomic E-state index is -0.362. The number of amides is 1. The molecule has 0 radical (unpaired) electrons. The zero-order valence-corrected chi connectivity index (χ0v) is 18.3. The molecule has 1 amide bonds. The van der Waals surface area contributed by atoms with E-state index in [0.717, 1.165) is 45.4 Å². The lowest BCUT2D eigenvalue weighted by Gasteiger charge is -2.37. The quantitative estimate of drug-likeness (QED) is 0.546. The van der Waals surface area contributed by atoms with Gasteiger partial charge in [-0.3, -0.25) is 14.9 Å². The maximum absolute atomic E-state index is 13.1. The Morgan fingerprint density at radius 1 is 0.871 bits per heavy atom. The van der Waals surface area contributed by atoms with Crippen molar-refractivity contribution in [3.8, 4) is 0 Å². The summed E-state index contributed by atoms with van der Waals surface area (Å²) in [6.07, 6.45) is 3.25. The highest BCUT2D eigenvalue weighted by atomic mass is 16.6. The smallest absolute Gasteiger partial charge is 0.293 e. The number of piperazine rings is 1. The van der Waals surface area contributed by atoms with Crippen molar-refractivity contribution in [2.24, 2.45) is 0 Å². The van der Waals surface area contributed by atoms with Crippen LogP contribution >= 0.6 is 0 Å². The van der Waals surface area contributed by atoms with Crippen molar-refractivity contribution in [3.63, 3.8) is 0 Å². The number of hydrogen-bond donors (Lipinski definition) is 0. The van der Waals surface area contributed by atoms with E-state index in [1.807, 2.05) is 0 Å². The lowest BCUT2D eigenvalue weighted by Crippen LogP contribution is -2.49. The standard InChI is InChI=1S/C24H30N4O3/c1-18-7-6-8-21(19(18)2)26-13-15-27(16-14-26)24(29)20-9-10-22(23(17-20)28(30)31)25-11-4-3-5-12-25/h6-10,17H,3-5,11-16H2,1-2H3. The van der Waals surface area contributed by atoms with Crippen molar-refractivity contribution in [3.05, 3.63) is 63.2 Å². The maximum atomic E-state index is 13.1. The van der Waals surface area contributed by atoms with Crippen LogP contribution in [0.1, 0.15) is 40.7 Å². The fourth-order valence-corrected chi connectivity index (χ4v) is 4.62. The maximum Gasteiger partial charge on any atom is 0.293 e. The van der Waals surface area contributed by atoms with Crippen molar-refractivity contribution >= 4 is 23.0 Å². The van der Waals surface area contributed by atoms with Crippen LogP contribution in [0.5, 0.6) is 0 Å². The molecule has 2 aliphatic heterocycles. The molecule has 2 fully saturated rings. The van der Waals surface area contributed by atoms with E-state index in [9.17, 15) is 14.9 Å². The molecule has 0 saturated carbocycles. The molecule has 0 unspecified atom stereocenters. The highest BCUT2D eigenvalue weighted by molar-refractivity contribution is 5.96. The third-order valence-electron chi connectivity index (χ3n) is 6.60. The second kappa shape index (κ2) is 8.96. The predicted molar refractivity (Wildman–Crippen MR) is 123 cm³/mol. The Morgan fingerprint density at radius 3 is 2.23 bits per heavy atom. The molecule has 0 atom stereocenters. The van der Waals surface area contributed by atoms with Crippen LogP contribution in [0.25, 0.3) is 0 Å². The number of hydrogen-bond acceptors (Lipinski definition) is 5. The number of piperidine rings is 1. The molecular formula is C24H30N4O3. The number of carbonyl (C=O) groups is 1. The molecule has 0 N–H and O–H groups in total. The van der Waals surface area contributed by atoms with Crippen LogP contribution in [-0.4, -0.2) is 55.0 Å². The predicted octanol–water partition coefficient (Wildman–Crippen LogP) is 4.16. The first-order valence-corrected chi connectivity index (χ1v) is 11.1. The van der Waals surface area contributed by atoms with Gasteiger partial charge in [0.2, 0.25) is 0 Å². The lowest BCUT2D eigenvalue weighted by atomic mass is 10.1. The first kappa shape index (κ1) is 21.2. The lowest BCUT2D eigenvalue weighted by molar-refractivity contribution is -0.384. The highest BCUT2D eigenvalue weighted by Gasteiger charge is 2.27. The Kier molecular flexibility index (Phi) is 6.11. The number of benzene rings is 2. The van der Waals surface area contributed by atoms with Crippen molar-refractivity contribution in [2.75, 3.05) is 49.1 Å². The van der Waals surface area contributed by atoms with Gasteiger partial charge in [-0.25, -0.2) is 0 Å². The molecule has 0 aromatic heterocycles. The summed E-state index contributed by atoms with van der Waals surface area (Å²) in [6.45, 7) is 8.61. The molecule has 0 aliphatic carbocycles. The Bertz CT molecular complexity index is 977. The van der Waals surface area contributed by atoms with E-state index < -0.39 is 0 Å². The van der Waals surface area contributed by atoms with E-state index in [2.05, 4.69) is 41.8 Å². The molecule has 4 rings (SSSR count). The number of nitrogens with zero attached hydrogens (tertiary/aromatic N) is 4. The number of aryl methyl sites for hydroxylation is 1. The average Bonchev–Trinajstić information content (AvgIpc) is 2.80. The van der Waals surface area contributed by atoms with Gasteiger partial charge in [0.25, 0.3) is 11.6 Å². The van der Waals surface area contributed by atoms with Crippen LogP contribution in [0.2, 0.25) is 0 Å². The molecule has 164 valence electrons. The molecule has 2 saturated heterocycles. The van der Waals surface area contributed by atoms with Gasteiger partial charge in [0, 0.05) is 56.6 Å². The molecule has 31 heavy (non-hydrogen) atoms. The van der Waals surface area contributed by atoms with Crippen LogP contribution < -0.4 is 9.80 Å². The Balaban J connectivity index is 1.48. The van der Waals surface area contributed by atoms with Crippen molar-refractivity contribution in [2.45, 2.75) is 33.1 Å². The summed E-state index contributed by atoms with van der Waals surface area (Å²) in [5, 5.41) is 11.7. The fraction of sp³-hybridized carbons (Fsp3) is 0.458. The van der Waals surface area contributed by atoms with Crippen LogP contribution in [-0.2, 0) is 0 Å². The Labute approximate surface area is 183 Å². The molecular weight excluding hydrogens is 392 g/mol. The van der Waals surface area contributed by atoms with Gasteiger partial charge in [-0.05, 0) is 62.4 Å². The molecule has 7 heteroatoms. The molecule has 0 spiro atoms. The molecule has 2 aromatic carbocycles. The minimum absolute atomic E-state index is 0.0294. The third kappa shape index (κ3) is 4.36. The van der Waals surface area contributed by atoms with E-state index >= 15 is 0 Å². The van der Waals surface area contributed by atoms with E-state index in [1.165, 1.54) is 22.9 Å². The largest absolute Gasteiger partial charge is 0.368 e. The summed E-state index contributed by atoms with van der Waals surface area (Å²) in [5.74, 6) is -0.131. The molecule has 0 bridgehead atoms. The zero-order valence-electron chi connectivity index (χ0n) is 18.3. The number of carbonyl (C=O) groups excluding carboxylic acids is 1. The van der Waals surface area contributed by atoms with E-state index in [0.29, 0.717) is 24.3 Å². The molecule has 2 aliphatic rings. The van der Waals surface area contributed by atoms with Crippen molar-refractivity contribution in [1.29, 1.82) is 0 Å². The molecule has 7 nitrogen and oxygen atoms in total. The Morgan fingerprint density at radius 2 is 1.55 bits per heavy atom. The van der Waals surface area contributed by atoms with Gasteiger partial charge in [-0.2, -0.15) is 0 Å². The number of nitro benzene ring substituents is 1. The molecule has 2 aromatic rings. The summed E-state index contributed by atoms with van der Waals surface area (Å²) in [6, 6.07) is 11.3. The summed E-state index contributed by atoms with van der Waals surface area (Å²) in [5.41, 5.74) is 4.80.